The van der Waals surface area contributed by atoms with E-state index in [1.165, 1.54) is 11.3 Å². The van der Waals surface area contributed by atoms with Gasteiger partial charge in [0, 0.05) is 36.1 Å². The summed E-state index contributed by atoms with van der Waals surface area (Å²) in [6, 6.07) is 0. The molecule has 0 aliphatic carbocycles. The molecule has 0 saturated carbocycles. The van der Waals surface area contributed by atoms with E-state index in [4.69, 9.17) is 0 Å². The van der Waals surface area contributed by atoms with Crippen LogP contribution in [0.5, 0.6) is 0 Å². The molecule has 4 nitrogen and oxygen atoms in total. The van der Waals surface area contributed by atoms with E-state index in [0.717, 1.165) is 36.7 Å². The van der Waals surface area contributed by atoms with E-state index < -0.39 is 0 Å². The van der Waals surface area contributed by atoms with Crippen LogP contribution in [0.4, 0.5) is 0 Å². The average Bonchev–Trinajstić information content (AvgIpc) is 2.82. The van der Waals surface area contributed by atoms with Crippen molar-refractivity contribution in [2.45, 2.75) is 19.9 Å². The van der Waals surface area contributed by atoms with Gasteiger partial charge in [0.05, 0.1) is 11.2 Å². The summed E-state index contributed by atoms with van der Waals surface area (Å²) in [6.07, 6.45) is 0.982. The summed E-state index contributed by atoms with van der Waals surface area (Å²) in [7, 11) is 0. The van der Waals surface area contributed by atoms with Crippen molar-refractivity contribution >= 4 is 11.3 Å². The fraction of sp³-hybridized carbons (Fsp3) is 0.364. The standard InChI is InChI=1S/C11H12N4S/c1-7-8-4-12-3-2-9(8)15-11(14-7)10-5-16-6-13-10/h5-6,12H,2-4H2,1H3. The van der Waals surface area contributed by atoms with Crippen LogP contribution in [0.15, 0.2) is 10.9 Å². The lowest BCUT2D eigenvalue weighted by molar-refractivity contribution is 0.621. The van der Waals surface area contributed by atoms with Crippen molar-refractivity contribution in [2.75, 3.05) is 6.54 Å². The number of aryl methyl sites for hydroxylation is 1. The van der Waals surface area contributed by atoms with E-state index >= 15 is 0 Å². The van der Waals surface area contributed by atoms with Crippen molar-refractivity contribution in [3.05, 3.63) is 27.8 Å². The van der Waals surface area contributed by atoms with Gasteiger partial charge in [0.2, 0.25) is 0 Å². The van der Waals surface area contributed by atoms with Crippen molar-refractivity contribution < 1.29 is 0 Å². The SMILES string of the molecule is Cc1nc(-c2cscn2)nc2c1CNCC2. The third-order valence-electron chi connectivity index (χ3n) is 2.80. The number of fused-ring (bicyclic) bond motifs is 1. The van der Waals surface area contributed by atoms with Gasteiger partial charge in [-0.05, 0) is 6.92 Å². The largest absolute Gasteiger partial charge is 0.312 e. The number of rotatable bonds is 1. The number of hydrogen-bond donors (Lipinski definition) is 1. The number of hydrogen-bond acceptors (Lipinski definition) is 5. The minimum atomic E-state index is 0.763. The molecule has 82 valence electrons. The summed E-state index contributed by atoms with van der Waals surface area (Å²) < 4.78 is 0. The van der Waals surface area contributed by atoms with Crippen LogP contribution in [0.3, 0.4) is 0 Å². The molecule has 0 aromatic carbocycles. The van der Waals surface area contributed by atoms with E-state index in [1.807, 2.05) is 17.8 Å². The highest BCUT2D eigenvalue weighted by atomic mass is 32.1. The predicted molar refractivity (Wildman–Crippen MR) is 63.3 cm³/mol. The molecule has 0 amide bonds. The number of aromatic nitrogens is 3. The quantitative estimate of drug-likeness (QED) is 0.810. The van der Waals surface area contributed by atoms with E-state index in [0.29, 0.717) is 0 Å². The van der Waals surface area contributed by atoms with Gasteiger partial charge in [0.25, 0.3) is 0 Å². The Balaban J connectivity index is 2.12. The topological polar surface area (TPSA) is 50.7 Å². The van der Waals surface area contributed by atoms with Gasteiger partial charge in [-0.25, -0.2) is 15.0 Å². The lowest BCUT2D eigenvalue weighted by Crippen LogP contribution is -2.26. The molecule has 2 aromatic heterocycles. The maximum Gasteiger partial charge on any atom is 0.179 e. The van der Waals surface area contributed by atoms with Gasteiger partial charge in [-0.2, -0.15) is 0 Å². The van der Waals surface area contributed by atoms with Crippen LogP contribution < -0.4 is 5.32 Å². The van der Waals surface area contributed by atoms with Gasteiger partial charge in [-0.3, -0.25) is 0 Å². The zero-order valence-electron chi connectivity index (χ0n) is 9.03. The van der Waals surface area contributed by atoms with Gasteiger partial charge in [0.1, 0.15) is 5.69 Å². The lowest BCUT2D eigenvalue weighted by Gasteiger charge is -2.18. The Morgan fingerprint density at radius 2 is 2.31 bits per heavy atom. The predicted octanol–water partition coefficient (Wildman–Crippen LogP) is 1.55. The number of nitrogens with one attached hydrogen (secondary N) is 1. The Hall–Kier alpha value is -1.33. The third-order valence-corrected chi connectivity index (χ3v) is 3.39. The molecule has 1 N–H and O–H groups in total. The number of nitrogens with zero attached hydrogens (tertiary/aromatic N) is 3. The van der Waals surface area contributed by atoms with Crippen molar-refractivity contribution in [3.63, 3.8) is 0 Å². The molecule has 1 aliphatic rings. The molecule has 0 fully saturated rings. The summed E-state index contributed by atoms with van der Waals surface area (Å²) in [5.41, 5.74) is 6.20. The van der Waals surface area contributed by atoms with Crippen LogP contribution in [-0.2, 0) is 13.0 Å². The first-order valence-electron chi connectivity index (χ1n) is 5.30. The van der Waals surface area contributed by atoms with E-state index in [-0.39, 0.29) is 0 Å². The summed E-state index contributed by atoms with van der Waals surface area (Å²) in [6.45, 7) is 3.93. The Morgan fingerprint density at radius 3 is 3.12 bits per heavy atom. The third kappa shape index (κ3) is 1.62. The summed E-state index contributed by atoms with van der Waals surface area (Å²) in [5.74, 6) is 0.763. The zero-order valence-corrected chi connectivity index (χ0v) is 9.84. The monoisotopic (exact) mass is 232 g/mol. The van der Waals surface area contributed by atoms with Gasteiger partial charge < -0.3 is 5.32 Å². The van der Waals surface area contributed by atoms with Crippen molar-refractivity contribution in [1.82, 2.24) is 20.3 Å². The first kappa shape index (κ1) is 9.86. The highest BCUT2D eigenvalue weighted by molar-refractivity contribution is 7.07. The Kier molecular flexibility index (Phi) is 2.41. The molecule has 0 saturated heterocycles. The molecular formula is C11H12N4S. The Morgan fingerprint density at radius 1 is 1.38 bits per heavy atom. The average molecular weight is 232 g/mol. The van der Waals surface area contributed by atoms with Gasteiger partial charge in [-0.1, -0.05) is 0 Å². The highest BCUT2D eigenvalue weighted by Gasteiger charge is 2.16. The molecule has 0 spiro atoms. The fourth-order valence-electron chi connectivity index (χ4n) is 1.95. The molecule has 0 bridgehead atoms. The molecule has 3 heterocycles. The minimum absolute atomic E-state index is 0.763. The van der Waals surface area contributed by atoms with E-state index in [2.05, 4.69) is 20.3 Å². The van der Waals surface area contributed by atoms with E-state index in [1.54, 1.807) is 11.3 Å². The van der Waals surface area contributed by atoms with Gasteiger partial charge in [-0.15, -0.1) is 11.3 Å². The molecule has 16 heavy (non-hydrogen) atoms. The molecule has 0 radical (unpaired) electrons. The maximum absolute atomic E-state index is 4.61. The van der Waals surface area contributed by atoms with Crippen LogP contribution in [0.25, 0.3) is 11.5 Å². The molecule has 0 unspecified atom stereocenters. The highest BCUT2D eigenvalue weighted by Crippen LogP contribution is 2.20. The van der Waals surface area contributed by atoms with Crippen molar-refractivity contribution in [1.29, 1.82) is 0 Å². The van der Waals surface area contributed by atoms with Crippen LogP contribution in [0.2, 0.25) is 0 Å². The smallest absolute Gasteiger partial charge is 0.179 e. The zero-order chi connectivity index (χ0) is 11.0. The van der Waals surface area contributed by atoms with Crippen molar-refractivity contribution in [3.8, 4) is 11.5 Å². The van der Waals surface area contributed by atoms with Crippen LogP contribution in [0, 0.1) is 6.92 Å². The minimum Gasteiger partial charge on any atom is -0.312 e. The van der Waals surface area contributed by atoms with Crippen LogP contribution in [0.1, 0.15) is 17.0 Å². The molecule has 2 aromatic rings. The Bertz CT molecular complexity index is 507. The Labute approximate surface area is 97.8 Å². The van der Waals surface area contributed by atoms with E-state index in [9.17, 15) is 0 Å². The summed E-state index contributed by atoms with van der Waals surface area (Å²) >= 11 is 1.57. The van der Waals surface area contributed by atoms with Crippen LogP contribution in [-0.4, -0.2) is 21.5 Å². The maximum atomic E-state index is 4.61. The second-order valence-corrected chi connectivity index (χ2v) is 4.58. The van der Waals surface area contributed by atoms with Crippen molar-refractivity contribution in [2.24, 2.45) is 0 Å². The van der Waals surface area contributed by atoms with Gasteiger partial charge >= 0.3 is 0 Å². The van der Waals surface area contributed by atoms with Crippen LogP contribution >= 0.6 is 11.3 Å². The van der Waals surface area contributed by atoms with Gasteiger partial charge in [0.15, 0.2) is 5.82 Å². The molecular weight excluding hydrogens is 220 g/mol. The molecule has 0 atom stereocenters. The molecule has 3 rings (SSSR count). The lowest BCUT2D eigenvalue weighted by atomic mass is 10.1. The normalized spacial score (nSPS) is 14.8. The second-order valence-electron chi connectivity index (χ2n) is 3.86. The fourth-order valence-corrected chi connectivity index (χ4v) is 2.48. The second kappa shape index (κ2) is 3.92. The summed E-state index contributed by atoms with van der Waals surface area (Å²) in [5, 5.41) is 5.33. The number of thiazole rings is 1. The first-order chi connectivity index (χ1) is 7.84. The molecule has 1 aliphatic heterocycles. The first-order valence-corrected chi connectivity index (χ1v) is 6.24. The molecule has 5 heteroatoms. The summed E-state index contributed by atoms with van der Waals surface area (Å²) in [4.78, 5) is 13.4.